The van der Waals surface area contributed by atoms with Crippen molar-refractivity contribution in [1.29, 1.82) is 0 Å². The van der Waals surface area contributed by atoms with Gasteiger partial charge in [-0.25, -0.2) is 0 Å². The Hall–Kier alpha value is -3.67. The topological polar surface area (TPSA) is 68.8 Å². The highest BCUT2D eigenvalue weighted by atomic mass is 16.5. The third-order valence-corrected chi connectivity index (χ3v) is 5.06. The minimum absolute atomic E-state index is 0.114. The molecular weight excluding hydrogens is 428 g/mol. The smallest absolute Gasteiger partial charge is 0.243 e. The Bertz CT molecular complexity index is 994. The zero-order chi connectivity index (χ0) is 23.8. The molecule has 0 saturated carbocycles. The maximum absolute atomic E-state index is 12.5. The number of amides is 1. The van der Waals surface area contributed by atoms with E-state index in [-0.39, 0.29) is 12.5 Å². The normalized spacial score (nSPS) is 10.4. The highest BCUT2D eigenvalue weighted by Crippen LogP contribution is 2.24. The zero-order valence-electron chi connectivity index (χ0n) is 19.8. The monoisotopic (exact) mass is 462 g/mol. The van der Waals surface area contributed by atoms with Gasteiger partial charge in [0.2, 0.25) is 5.91 Å². The lowest BCUT2D eigenvalue weighted by Gasteiger charge is -2.14. The Kier molecular flexibility index (Phi) is 10.6. The highest BCUT2D eigenvalue weighted by molar-refractivity contribution is 5.94. The average molecular weight is 463 g/mol. The largest absolute Gasteiger partial charge is 0.494 e. The summed E-state index contributed by atoms with van der Waals surface area (Å²) in [6.45, 7) is 3.81. The van der Waals surface area contributed by atoms with Gasteiger partial charge >= 0.3 is 0 Å². The predicted octanol–water partition coefficient (Wildman–Crippen LogP) is 6.15. The number of anilines is 2. The van der Waals surface area contributed by atoms with Crippen molar-refractivity contribution < 1.29 is 19.0 Å². The van der Waals surface area contributed by atoms with Crippen molar-refractivity contribution in [3.63, 3.8) is 0 Å². The summed E-state index contributed by atoms with van der Waals surface area (Å²) in [6, 6.07) is 24.6. The number of carbonyl (C=O) groups excluding carboxylic acids is 1. The molecule has 0 radical (unpaired) electrons. The van der Waals surface area contributed by atoms with Crippen LogP contribution in [0.15, 0.2) is 78.9 Å². The van der Waals surface area contributed by atoms with E-state index in [4.69, 9.17) is 14.2 Å². The van der Waals surface area contributed by atoms with Crippen LogP contribution in [0.3, 0.4) is 0 Å². The average Bonchev–Trinajstić information content (AvgIpc) is 2.87. The molecule has 0 fully saturated rings. The van der Waals surface area contributed by atoms with Crippen LogP contribution >= 0.6 is 0 Å². The zero-order valence-corrected chi connectivity index (χ0v) is 19.8. The molecule has 6 heteroatoms. The first-order chi connectivity index (χ1) is 16.7. The van der Waals surface area contributed by atoms with Gasteiger partial charge in [0.15, 0.2) is 0 Å². The van der Waals surface area contributed by atoms with Crippen LogP contribution in [-0.2, 0) is 4.79 Å². The van der Waals surface area contributed by atoms with Crippen LogP contribution in [0.25, 0.3) is 0 Å². The molecule has 0 heterocycles. The van der Waals surface area contributed by atoms with Crippen molar-refractivity contribution in [2.24, 2.45) is 0 Å². The molecule has 1 amide bonds. The molecule has 34 heavy (non-hydrogen) atoms. The second kappa shape index (κ2) is 14.5. The van der Waals surface area contributed by atoms with Crippen LogP contribution in [0.4, 0.5) is 11.4 Å². The summed E-state index contributed by atoms with van der Waals surface area (Å²) in [4.78, 5) is 12.5. The quantitative estimate of drug-likeness (QED) is 0.265. The molecule has 3 aromatic carbocycles. The molecule has 0 unspecified atom stereocenters. The minimum atomic E-state index is -0.151. The van der Waals surface area contributed by atoms with Gasteiger partial charge in [0, 0.05) is 11.8 Å². The summed E-state index contributed by atoms with van der Waals surface area (Å²) < 4.78 is 17.3. The maximum atomic E-state index is 12.5. The van der Waals surface area contributed by atoms with Gasteiger partial charge < -0.3 is 24.8 Å². The van der Waals surface area contributed by atoms with E-state index in [1.165, 1.54) is 19.3 Å². The summed E-state index contributed by atoms with van der Waals surface area (Å²) in [6.07, 6.45) is 4.63. The Morgan fingerprint density at radius 2 is 1.47 bits per heavy atom. The van der Waals surface area contributed by atoms with Gasteiger partial charge in [0.05, 0.1) is 18.8 Å². The van der Waals surface area contributed by atoms with Crippen molar-refractivity contribution in [3.8, 4) is 17.2 Å². The predicted molar refractivity (Wildman–Crippen MR) is 137 cm³/mol. The van der Waals surface area contributed by atoms with Crippen LogP contribution in [-0.4, -0.2) is 32.3 Å². The third-order valence-electron chi connectivity index (χ3n) is 5.06. The lowest BCUT2D eigenvalue weighted by Crippen LogP contribution is -2.22. The molecule has 2 N–H and O–H groups in total. The Morgan fingerprint density at radius 1 is 0.735 bits per heavy atom. The van der Waals surface area contributed by atoms with Gasteiger partial charge in [-0.2, -0.15) is 0 Å². The Balaban J connectivity index is 1.42. The number of hydrogen-bond acceptors (Lipinski definition) is 5. The van der Waals surface area contributed by atoms with E-state index in [0.717, 1.165) is 23.6 Å². The Morgan fingerprint density at radius 3 is 2.32 bits per heavy atom. The lowest BCUT2D eigenvalue weighted by molar-refractivity contribution is -0.114. The van der Waals surface area contributed by atoms with Gasteiger partial charge in [-0.1, -0.05) is 62.6 Å². The SMILES string of the molecule is CCCCCCOc1cccc(NC(=O)CNc2ccccc2OCCOc2ccccc2)c1. The summed E-state index contributed by atoms with van der Waals surface area (Å²) in [5, 5.41) is 6.06. The van der Waals surface area contributed by atoms with Crippen molar-refractivity contribution >= 4 is 17.3 Å². The van der Waals surface area contributed by atoms with E-state index < -0.39 is 0 Å². The van der Waals surface area contributed by atoms with E-state index in [0.29, 0.717) is 31.3 Å². The van der Waals surface area contributed by atoms with Crippen molar-refractivity contribution in [1.82, 2.24) is 0 Å². The van der Waals surface area contributed by atoms with Crippen LogP contribution in [0.1, 0.15) is 32.6 Å². The van der Waals surface area contributed by atoms with Crippen LogP contribution in [0.5, 0.6) is 17.2 Å². The molecule has 0 saturated heterocycles. The number of ether oxygens (including phenoxy) is 3. The first kappa shape index (κ1) is 25.0. The molecule has 3 aromatic rings. The highest BCUT2D eigenvalue weighted by Gasteiger charge is 2.07. The molecule has 0 aliphatic carbocycles. The second-order valence-corrected chi connectivity index (χ2v) is 7.84. The summed E-state index contributed by atoms with van der Waals surface area (Å²) in [7, 11) is 0. The molecule has 0 bridgehead atoms. The van der Waals surface area contributed by atoms with E-state index in [9.17, 15) is 4.79 Å². The number of para-hydroxylation sites is 3. The Labute approximate surface area is 202 Å². The number of nitrogens with one attached hydrogen (secondary N) is 2. The van der Waals surface area contributed by atoms with Crippen molar-refractivity contribution in [2.75, 3.05) is 37.0 Å². The molecule has 3 rings (SSSR count). The molecule has 0 spiro atoms. The third kappa shape index (κ3) is 9.06. The molecule has 0 aromatic heterocycles. The van der Waals surface area contributed by atoms with E-state index in [2.05, 4.69) is 17.6 Å². The lowest BCUT2D eigenvalue weighted by atomic mass is 10.2. The standard InChI is InChI=1S/C28H34N2O4/c1-2-3-4-10-18-32-25-15-11-12-23(21-25)30-28(31)22-29-26-16-8-9-17-27(26)34-20-19-33-24-13-6-5-7-14-24/h5-9,11-17,21,29H,2-4,10,18-20,22H2,1H3,(H,30,31). The molecule has 180 valence electrons. The van der Waals surface area contributed by atoms with Gasteiger partial charge in [0.25, 0.3) is 0 Å². The fourth-order valence-corrected chi connectivity index (χ4v) is 3.33. The first-order valence-electron chi connectivity index (χ1n) is 11.9. The second-order valence-electron chi connectivity index (χ2n) is 7.84. The van der Waals surface area contributed by atoms with E-state index >= 15 is 0 Å². The minimum Gasteiger partial charge on any atom is -0.494 e. The number of benzene rings is 3. The number of unbranched alkanes of at least 4 members (excludes halogenated alkanes) is 3. The molecule has 0 atom stereocenters. The molecular formula is C28H34N2O4. The molecule has 6 nitrogen and oxygen atoms in total. The van der Waals surface area contributed by atoms with Gasteiger partial charge in [-0.15, -0.1) is 0 Å². The van der Waals surface area contributed by atoms with Crippen LogP contribution < -0.4 is 24.8 Å². The van der Waals surface area contributed by atoms with Crippen molar-refractivity contribution in [2.45, 2.75) is 32.6 Å². The summed E-state index contributed by atoms with van der Waals surface area (Å²) >= 11 is 0. The first-order valence-corrected chi connectivity index (χ1v) is 11.9. The molecule has 0 aliphatic rings. The fourth-order valence-electron chi connectivity index (χ4n) is 3.33. The number of hydrogen-bond donors (Lipinski definition) is 2. The van der Waals surface area contributed by atoms with Gasteiger partial charge in [-0.05, 0) is 42.8 Å². The number of carbonyl (C=O) groups is 1. The summed E-state index contributed by atoms with van der Waals surface area (Å²) in [5.74, 6) is 2.09. The van der Waals surface area contributed by atoms with Gasteiger partial charge in [-0.3, -0.25) is 4.79 Å². The van der Waals surface area contributed by atoms with E-state index in [1.807, 2.05) is 78.9 Å². The van der Waals surface area contributed by atoms with Gasteiger partial charge in [0.1, 0.15) is 30.5 Å². The van der Waals surface area contributed by atoms with Crippen LogP contribution in [0, 0.1) is 0 Å². The van der Waals surface area contributed by atoms with E-state index in [1.54, 1.807) is 0 Å². The number of rotatable bonds is 15. The van der Waals surface area contributed by atoms with Crippen molar-refractivity contribution in [3.05, 3.63) is 78.9 Å². The van der Waals surface area contributed by atoms with Crippen LogP contribution in [0.2, 0.25) is 0 Å². The maximum Gasteiger partial charge on any atom is 0.243 e. The fraction of sp³-hybridized carbons (Fsp3) is 0.321. The molecule has 0 aliphatic heterocycles. The summed E-state index contributed by atoms with van der Waals surface area (Å²) in [5.41, 5.74) is 1.46.